The molecule has 0 aromatic heterocycles. The molecule has 226 valence electrons. The van der Waals surface area contributed by atoms with E-state index in [1.807, 2.05) is 45.0 Å². The third-order valence-corrected chi connectivity index (χ3v) is 8.64. The molecule has 4 rings (SSSR count). The van der Waals surface area contributed by atoms with Crippen LogP contribution in [0.25, 0.3) is 16.7 Å². The number of amides is 1. The van der Waals surface area contributed by atoms with Gasteiger partial charge in [0.25, 0.3) is 0 Å². The van der Waals surface area contributed by atoms with E-state index >= 15 is 0 Å². The number of esters is 1. The minimum atomic E-state index is -0.403. The summed E-state index contributed by atoms with van der Waals surface area (Å²) in [6, 6.07) is 9.49. The lowest BCUT2D eigenvalue weighted by Gasteiger charge is -2.33. The summed E-state index contributed by atoms with van der Waals surface area (Å²) < 4.78 is 17.5. The number of thioether (sulfide) groups is 1. The van der Waals surface area contributed by atoms with Crippen LogP contribution in [0, 0.1) is 0 Å². The molecule has 0 saturated carbocycles. The molecular weight excluding hydrogens is 550 g/mol. The average molecular weight is 594 g/mol. The average Bonchev–Trinajstić information content (AvgIpc) is 3.37. The number of nitrogens with zero attached hydrogens (tertiary/aromatic N) is 2. The van der Waals surface area contributed by atoms with Crippen molar-refractivity contribution < 1.29 is 23.8 Å². The molecule has 2 aromatic rings. The predicted octanol–water partition coefficient (Wildman–Crippen LogP) is 6.80. The fraction of sp³-hybridized carbons (Fsp3) is 0.455. The molecule has 42 heavy (non-hydrogen) atoms. The molecule has 1 amide bonds. The third kappa shape index (κ3) is 7.31. The summed E-state index contributed by atoms with van der Waals surface area (Å²) in [6.45, 7) is 12.3. The summed E-state index contributed by atoms with van der Waals surface area (Å²) in [7, 11) is 5.54. The number of fused-ring (bicyclic) bond motifs is 1. The molecule has 0 aliphatic carbocycles. The molecule has 2 aliphatic heterocycles. The second kappa shape index (κ2) is 13.3. The molecule has 0 spiro atoms. The van der Waals surface area contributed by atoms with Gasteiger partial charge in [-0.15, -0.1) is 11.8 Å². The van der Waals surface area contributed by atoms with E-state index in [0.29, 0.717) is 31.0 Å². The minimum absolute atomic E-state index is 0.123. The van der Waals surface area contributed by atoms with Crippen molar-refractivity contribution in [3.05, 3.63) is 58.5 Å². The zero-order valence-corrected chi connectivity index (χ0v) is 26.8. The molecule has 1 unspecified atom stereocenters. The van der Waals surface area contributed by atoms with Crippen LogP contribution in [0.2, 0.25) is 0 Å². The monoisotopic (exact) mass is 593 g/mol. The van der Waals surface area contributed by atoms with Crippen LogP contribution in [0.3, 0.4) is 0 Å². The zero-order valence-electron chi connectivity index (χ0n) is 26.0. The number of carbonyl (C=O) groups is 2. The van der Waals surface area contributed by atoms with Crippen LogP contribution in [0.5, 0.6) is 11.5 Å². The van der Waals surface area contributed by atoms with Crippen molar-refractivity contribution in [1.29, 1.82) is 0 Å². The molecule has 0 radical (unpaired) electrons. The number of benzene rings is 2. The van der Waals surface area contributed by atoms with Crippen LogP contribution in [-0.4, -0.2) is 73.5 Å². The van der Waals surface area contributed by atoms with E-state index in [4.69, 9.17) is 14.2 Å². The van der Waals surface area contributed by atoms with E-state index in [2.05, 4.69) is 44.3 Å². The highest BCUT2D eigenvalue weighted by atomic mass is 32.2. The fourth-order valence-electron chi connectivity index (χ4n) is 5.40. The summed E-state index contributed by atoms with van der Waals surface area (Å²) in [5.41, 5.74) is 5.51. The lowest BCUT2D eigenvalue weighted by Crippen LogP contribution is -2.38. The Hall–Kier alpha value is -3.43. The van der Waals surface area contributed by atoms with E-state index in [9.17, 15) is 9.59 Å². The molecule has 0 fully saturated rings. The van der Waals surface area contributed by atoms with Gasteiger partial charge in [-0.3, -0.25) is 4.79 Å². The summed E-state index contributed by atoms with van der Waals surface area (Å²) in [4.78, 5) is 30.7. The Kier molecular flexibility index (Phi) is 9.94. The lowest BCUT2D eigenvalue weighted by atomic mass is 9.85. The van der Waals surface area contributed by atoms with Crippen molar-refractivity contribution in [1.82, 2.24) is 9.80 Å². The van der Waals surface area contributed by atoms with Gasteiger partial charge in [0.1, 0.15) is 23.4 Å². The van der Waals surface area contributed by atoms with Gasteiger partial charge in [-0.05, 0) is 89.4 Å². The molecule has 2 aliphatic rings. The maximum atomic E-state index is 13.0. The van der Waals surface area contributed by atoms with Gasteiger partial charge < -0.3 is 29.3 Å². The van der Waals surface area contributed by atoms with Gasteiger partial charge in [-0.25, -0.2) is 4.79 Å². The second-order valence-electron chi connectivity index (χ2n) is 11.6. The molecule has 1 N–H and O–H groups in total. The van der Waals surface area contributed by atoms with E-state index in [0.717, 1.165) is 45.0 Å². The molecular formula is C33H43N3O5S. The predicted molar refractivity (Wildman–Crippen MR) is 171 cm³/mol. The molecule has 0 bridgehead atoms. The Morgan fingerprint density at radius 1 is 1.10 bits per heavy atom. The van der Waals surface area contributed by atoms with Crippen LogP contribution >= 0.6 is 11.8 Å². The zero-order chi connectivity index (χ0) is 30.6. The Morgan fingerprint density at radius 2 is 1.83 bits per heavy atom. The van der Waals surface area contributed by atoms with Gasteiger partial charge in [0, 0.05) is 48.1 Å². The van der Waals surface area contributed by atoms with Crippen molar-refractivity contribution >= 4 is 35.1 Å². The highest BCUT2D eigenvalue weighted by Gasteiger charge is 2.29. The number of anilines is 1. The highest BCUT2D eigenvalue weighted by molar-refractivity contribution is 8.04. The number of nitrogens with one attached hydrogen (secondary N) is 1. The molecule has 1 atom stereocenters. The number of hydrogen-bond acceptors (Lipinski definition) is 8. The second-order valence-corrected chi connectivity index (χ2v) is 13.0. The molecule has 2 heterocycles. The summed E-state index contributed by atoms with van der Waals surface area (Å²) in [5, 5.41) is 3.38. The van der Waals surface area contributed by atoms with E-state index in [-0.39, 0.29) is 23.4 Å². The van der Waals surface area contributed by atoms with Crippen molar-refractivity contribution in [2.24, 2.45) is 0 Å². The maximum Gasteiger partial charge on any atom is 0.415 e. The number of likely N-dealkylation sites (N-methyl/N-ethyl adjacent to an activating group) is 2. The van der Waals surface area contributed by atoms with Crippen LogP contribution in [-0.2, 0) is 16.1 Å². The molecule has 9 heteroatoms. The van der Waals surface area contributed by atoms with E-state index in [1.54, 1.807) is 35.9 Å². The van der Waals surface area contributed by atoms with Crippen molar-refractivity contribution in [3.63, 3.8) is 0 Å². The fourth-order valence-corrected chi connectivity index (χ4v) is 6.40. The summed E-state index contributed by atoms with van der Waals surface area (Å²) in [5.74, 6) is 0.739. The highest BCUT2D eigenvalue weighted by Crippen LogP contribution is 2.43. The van der Waals surface area contributed by atoms with Crippen LogP contribution in [0.1, 0.15) is 52.2 Å². The Balaban J connectivity index is 1.67. The largest absolute Gasteiger partial charge is 0.496 e. The first-order valence-electron chi connectivity index (χ1n) is 14.4. The summed E-state index contributed by atoms with van der Waals surface area (Å²) in [6.07, 6.45) is 4.55. The van der Waals surface area contributed by atoms with Crippen LogP contribution in [0.4, 0.5) is 10.5 Å². The normalized spacial score (nSPS) is 17.1. The number of ether oxygens (including phenoxy) is 3. The molecule has 2 aromatic carbocycles. The quantitative estimate of drug-likeness (QED) is 0.301. The van der Waals surface area contributed by atoms with Crippen LogP contribution < -0.4 is 14.8 Å². The van der Waals surface area contributed by atoms with Crippen LogP contribution in [0.15, 0.2) is 47.4 Å². The number of rotatable bonds is 10. The van der Waals surface area contributed by atoms with Crippen molar-refractivity contribution in [3.8, 4) is 22.6 Å². The summed E-state index contributed by atoms with van der Waals surface area (Å²) >= 11 is 1.55. The van der Waals surface area contributed by atoms with E-state index in [1.165, 1.54) is 0 Å². The topological polar surface area (TPSA) is 80.3 Å². The first-order valence-corrected chi connectivity index (χ1v) is 15.2. The number of carbonyl (C=O) groups excluding carboxylic acids is 2. The molecule has 8 nitrogen and oxygen atoms in total. The van der Waals surface area contributed by atoms with Crippen molar-refractivity contribution in [2.75, 3.05) is 46.2 Å². The Labute approximate surface area is 254 Å². The maximum absolute atomic E-state index is 13.0. The van der Waals surface area contributed by atoms with Gasteiger partial charge in [-0.1, -0.05) is 18.2 Å². The first kappa shape index (κ1) is 31.5. The minimum Gasteiger partial charge on any atom is -0.496 e. The van der Waals surface area contributed by atoms with E-state index < -0.39 is 6.09 Å². The van der Waals surface area contributed by atoms with Gasteiger partial charge in [0.2, 0.25) is 0 Å². The molecule has 0 saturated heterocycles. The van der Waals surface area contributed by atoms with Gasteiger partial charge in [0.05, 0.1) is 12.6 Å². The number of hydrogen-bond donors (Lipinski definition) is 1. The number of methoxy groups -OCH3 is 1. The van der Waals surface area contributed by atoms with Crippen molar-refractivity contribution in [2.45, 2.75) is 58.4 Å². The van der Waals surface area contributed by atoms with Gasteiger partial charge in [0.15, 0.2) is 0 Å². The first-order chi connectivity index (χ1) is 19.9. The Bertz CT molecular complexity index is 1400. The Morgan fingerprint density at radius 3 is 2.48 bits per heavy atom. The van der Waals surface area contributed by atoms with Gasteiger partial charge >= 0.3 is 12.1 Å². The lowest BCUT2D eigenvalue weighted by molar-refractivity contribution is -0.144. The SMILES string of the molecule is CCN(CCN(C)C)C(=O)Oc1ccc(-c2ccc3c(c2COC(=O)C2CC=C(C)S2)C(C)=CC(C)(C)N3)c(OC)c1. The standard InChI is InChI=1S/C33H43N3O5S/c1-9-36(17-16-35(6)7)32(38)41-23-11-12-25(28(18-23)39-8)24-13-14-27-30(21(2)19-33(4,5)34-27)26(24)20-40-31(37)29-15-10-22(3)42-29/h10-14,18-19,29,34H,9,15-17,20H2,1-8H3. The number of allylic oxidation sites excluding steroid dienone is 3. The smallest absolute Gasteiger partial charge is 0.415 e. The third-order valence-electron chi connectivity index (χ3n) is 7.44. The van der Waals surface area contributed by atoms with Gasteiger partial charge in [-0.2, -0.15) is 0 Å².